The number of nitrogens with zero attached hydrogens (tertiary/aromatic N) is 3. The van der Waals surface area contributed by atoms with Crippen LogP contribution in [0.4, 0.5) is 14.5 Å². The van der Waals surface area contributed by atoms with Crippen LogP contribution in [0.5, 0.6) is 0 Å². The minimum Gasteiger partial charge on any atom is -0.768 e. The van der Waals surface area contributed by atoms with Crippen LogP contribution < -0.4 is 5.73 Å². The Balaban J connectivity index is 2.33. The predicted molar refractivity (Wildman–Crippen MR) is 109 cm³/mol. The molecule has 2 aromatic carbocycles. The number of hydrogen-bond acceptors (Lipinski definition) is 5. The molecule has 2 N–H and O–H groups in total. The van der Waals surface area contributed by atoms with E-state index in [1.165, 1.54) is 6.07 Å². The number of anilines is 1. The minimum absolute atomic E-state index is 0.0140. The van der Waals surface area contributed by atoms with E-state index >= 15 is 0 Å². The zero-order valence-electron chi connectivity index (χ0n) is 16.6. The molecular weight excluding hydrogens is 398 g/mol. The van der Waals surface area contributed by atoms with E-state index in [0.717, 1.165) is 11.6 Å². The van der Waals surface area contributed by atoms with Gasteiger partial charge >= 0.3 is 0 Å². The molecule has 0 aromatic heterocycles. The van der Waals surface area contributed by atoms with E-state index in [-0.39, 0.29) is 39.4 Å². The fourth-order valence-corrected chi connectivity index (χ4v) is 3.72. The largest absolute Gasteiger partial charge is 0.768 e. The van der Waals surface area contributed by atoms with Crippen LogP contribution in [0.15, 0.2) is 34.3 Å². The van der Waals surface area contributed by atoms with Gasteiger partial charge < -0.3 is 25.7 Å². The summed E-state index contributed by atoms with van der Waals surface area (Å²) in [6.07, 6.45) is 0. The number of hydrogen-bond donors (Lipinski definition) is 1. The highest BCUT2D eigenvalue weighted by molar-refractivity contribution is 7.79. The lowest BCUT2D eigenvalue weighted by molar-refractivity contribution is 0.497. The fraction of sp³-hybridized carbons (Fsp3) is 0.350. The van der Waals surface area contributed by atoms with Crippen molar-refractivity contribution >= 4 is 22.6 Å². The van der Waals surface area contributed by atoms with Crippen LogP contribution in [0.25, 0.3) is 16.6 Å². The lowest BCUT2D eigenvalue weighted by atomic mass is 9.85. The fourth-order valence-electron chi connectivity index (χ4n) is 3.20. The van der Waals surface area contributed by atoms with Crippen LogP contribution >= 0.6 is 0 Å². The van der Waals surface area contributed by atoms with Gasteiger partial charge in [-0.25, -0.2) is 8.78 Å². The first kappa shape index (κ1) is 21.2. The van der Waals surface area contributed by atoms with Crippen LogP contribution in [0.3, 0.4) is 0 Å². The number of benzene rings is 2. The van der Waals surface area contributed by atoms with Crippen molar-refractivity contribution in [2.45, 2.75) is 38.0 Å². The molecule has 0 bridgehead atoms. The van der Waals surface area contributed by atoms with Gasteiger partial charge in [0.05, 0.1) is 5.69 Å². The molecule has 1 aliphatic heterocycles. The summed E-state index contributed by atoms with van der Waals surface area (Å²) in [5.41, 5.74) is 10.4. The van der Waals surface area contributed by atoms with E-state index in [2.05, 4.69) is 10.5 Å². The highest BCUT2D eigenvalue weighted by atomic mass is 32.2. The second kappa shape index (κ2) is 7.72. The normalized spacial score (nSPS) is 15.3. The van der Waals surface area contributed by atoms with Gasteiger partial charge in [0.25, 0.3) is 0 Å². The summed E-state index contributed by atoms with van der Waals surface area (Å²) < 4.78 is 53.1. The second-order valence-electron chi connectivity index (χ2n) is 7.77. The summed E-state index contributed by atoms with van der Waals surface area (Å²) in [7, 11) is 0. The summed E-state index contributed by atoms with van der Waals surface area (Å²) in [5, 5.41) is 4.02. The Labute approximate surface area is 171 Å². The Morgan fingerprint density at radius 1 is 1.28 bits per heavy atom. The molecule has 0 radical (unpaired) electrons. The zero-order valence-corrected chi connectivity index (χ0v) is 17.4. The van der Waals surface area contributed by atoms with E-state index in [0.29, 0.717) is 12.4 Å². The number of halogens is 2. The average Bonchev–Trinajstić information content (AvgIpc) is 3.12. The second-order valence-corrected chi connectivity index (χ2v) is 8.68. The molecule has 0 saturated carbocycles. The van der Waals surface area contributed by atoms with E-state index in [1.54, 1.807) is 17.0 Å². The van der Waals surface area contributed by atoms with Crippen LogP contribution in [0.2, 0.25) is 0 Å². The van der Waals surface area contributed by atoms with Crippen molar-refractivity contribution in [3.8, 4) is 11.1 Å². The Hall–Kier alpha value is -2.52. The van der Waals surface area contributed by atoms with Crippen molar-refractivity contribution in [1.29, 1.82) is 0 Å². The molecule has 1 unspecified atom stereocenters. The quantitative estimate of drug-likeness (QED) is 0.595. The van der Waals surface area contributed by atoms with Gasteiger partial charge in [-0.15, -0.1) is 0 Å². The molecule has 29 heavy (non-hydrogen) atoms. The molecule has 1 heterocycles. The summed E-state index contributed by atoms with van der Waals surface area (Å²) in [6, 6.07) is 5.55. The predicted octanol–water partition coefficient (Wildman–Crippen LogP) is 4.08. The molecular formula is C20H22F2N4O2S-2. The Morgan fingerprint density at radius 3 is 2.55 bits per heavy atom. The molecule has 156 valence electrons. The smallest absolute Gasteiger partial charge is 0.168 e. The highest BCUT2D eigenvalue weighted by Gasteiger charge is 2.26. The molecule has 0 saturated heterocycles. The minimum atomic E-state index is -2.67. The number of nitrogens with two attached hydrogens (primary N) is 1. The van der Waals surface area contributed by atoms with Crippen molar-refractivity contribution in [3.63, 3.8) is 0 Å². The number of rotatable bonds is 4. The number of nitrogen functional groups attached to an aromatic ring is 1. The third-order valence-corrected chi connectivity index (χ3v) is 5.59. The van der Waals surface area contributed by atoms with Crippen LogP contribution in [0, 0.1) is 11.6 Å². The van der Waals surface area contributed by atoms with Crippen LogP contribution in [0.1, 0.15) is 38.8 Å². The molecule has 0 spiro atoms. The molecule has 0 aliphatic carbocycles. The number of amidine groups is 1. The molecule has 0 fully saturated rings. The molecule has 0 amide bonds. The molecule has 3 rings (SSSR count). The monoisotopic (exact) mass is 420 g/mol. The lowest BCUT2D eigenvalue weighted by Crippen LogP contribution is -2.28. The molecule has 1 aliphatic rings. The Bertz CT molecular complexity index is 1020. The van der Waals surface area contributed by atoms with Gasteiger partial charge in [-0.1, -0.05) is 26.8 Å². The summed E-state index contributed by atoms with van der Waals surface area (Å²) >= 11 is -2.67. The van der Waals surface area contributed by atoms with Gasteiger partial charge in [-0.2, -0.15) is 0 Å². The molecule has 1 atom stereocenters. The topological polar surface area (TPSA) is 95.8 Å². The molecule has 6 nitrogen and oxygen atoms in total. The van der Waals surface area contributed by atoms with Gasteiger partial charge in [0.2, 0.25) is 0 Å². The maximum atomic E-state index is 14.9. The first-order chi connectivity index (χ1) is 13.6. The van der Waals surface area contributed by atoms with E-state index in [9.17, 15) is 17.5 Å². The maximum absolute atomic E-state index is 14.9. The van der Waals surface area contributed by atoms with Crippen molar-refractivity contribution in [2.75, 3.05) is 18.9 Å². The maximum Gasteiger partial charge on any atom is 0.168 e. The third kappa shape index (κ3) is 3.84. The van der Waals surface area contributed by atoms with Crippen LogP contribution in [-0.4, -0.2) is 32.7 Å². The molecule has 9 heteroatoms. The zero-order chi connectivity index (χ0) is 21.5. The Morgan fingerprint density at radius 2 is 1.97 bits per heavy atom. The lowest BCUT2D eigenvalue weighted by Gasteiger charge is -2.25. The van der Waals surface area contributed by atoms with Crippen molar-refractivity contribution in [1.82, 2.24) is 4.90 Å². The first-order valence-corrected chi connectivity index (χ1v) is 10.1. The van der Waals surface area contributed by atoms with E-state index in [4.69, 9.17) is 5.73 Å². The van der Waals surface area contributed by atoms with Crippen molar-refractivity contribution in [3.05, 3.63) is 52.5 Å². The molecule has 2 aromatic rings. The summed E-state index contributed by atoms with van der Waals surface area (Å²) in [4.78, 5) is 1.59. The van der Waals surface area contributed by atoms with Crippen molar-refractivity contribution in [2.24, 2.45) is 5.10 Å². The van der Waals surface area contributed by atoms with Crippen molar-refractivity contribution < 1.29 is 17.5 Å². The van der Waals surface area contributed by atoms with Gasteiger partial charge in [0.1, 0.15) is 5.84 Å². The van der Waals surface area contributed by atoms with E-state index in [1.807, 2.05) is 27.7 Å². The highest BCUT2D eigenvalue weighted by Crippen LogP contribution is 2.39. The van der Waals surface area contributed by atoms with Gasteiger partial charge in [-0.3, -0.25) is 4.21 Å². The standard InChI is InChI=1S/C20H23F2N4O2S/c1-5-26-10-24-25-19(26)13-9-14(21)17(22)16(18(13)23)12-8-11(20(2,3)4)6-7-15(12)29(27)28/h6-9H,5,10,23H2,1-4H3,(H,27,28)/q-1/p-1. The SMILES string of the molecule is CCN1C[N-]N=C1c1cc(F)c(F)c(-c2cc(C(C)(C)C)ccc2S(=O)[O-])c1N. The van der Waals surface area contributed by atoms with E-state index < -0.39 is 22.7 Å². The summed E-state index contributed by atoms with van der Waals surface area (Å²) in [6.45, 7) is 8.51. The van der Waals surface area contributed by atoms with Gasteiger partial charge in [0, 0.05) is 28.1 Å². The first-order valence-electron chi connectivity index (χ1n) is 9.07. The Kier molecular flexibility index (Phi) is 5.64. The van der Waals surface area contributed by atoms with Gasteiger partial charge in [0.15, 0.2) is 11.6 Å². The average molecular weight is 420 g/mol. The third-order valence-electron chi connectivity index (χ3n) is 4.88. The summed E-state index contributed by atoms with van der Waals surface area (Å²) in [5.74, 6) is -2.02. The van der Waals surface area contributed by atoms with Crippen LogP contribution in [-0.2, 0) is 16.5 Å². The van der Waals surface area contributed by atoms with Gasteiger partial charge in [-0.05, 0) is 53.9 Å².